The third-order valence-corrected chi connectivity index (χ3v) is 5.39. The number of benzene rings is 2. The molecule has 6 nitrogen and oxygen atoms in total. The van der Waals surface area contributed by atoms with Crippen LogP contribution in [-0.2, 0) is 0 Å². The van der Waals surface area contributed by atoms with E-state index in [1.165, 1.54) is 25.1 Å². The van der Waals surface area contributed by atoms with Crippen LogP contribution in [0.2, 0.25) is 0 Å². The molecule has 0 spiro atoms. The molecule has 0 atom stereocenters. The van der Waals surface area contributed by atoms with Crippen LogP contribution in [0.1, 0.15) is 27.6 Å². The number of rotatable bonds is 5. The second kappa shape index (κ2) is 9.13. The number of hydrogen-bond donors (Lipinski definition) is 1. The van der Waals surface area contributed by atoms with Crippen molar-refractivity contribution in [3.05, 3.63) is 83.6 Å². The summed E-state index contributed by atoms with van der Waals surface area (Å²) in [5.74, 6) is -0.893. The van der Waals surface area contributed by atoms with Gasteiger partial charge >= 0.3 is 0 Å². The van der Waals surface area contributed by atoms with E-state index in [1.54, 1.807) is 47.5 Å². The van der Waals surface area contributed by atoms with Gasteiger partial charge < -0.3 is 15.1 Å². The Bertz CT molecular complexity index is 1160. The summed E-state index contributed by atoms with van der Waals surface area (Å²) in [6.45, 7) is 3.11. The van der Waals surface area contributed by atoms with E-state index in [4.69, 9.17) is 0 Å². The molecule has 0 saturated carbocycles. The first-order valence-electron chi connectivity index (χ1n) is 10.2. The molecule has 0 bridgehead atoms. The SMILES string of the molecule is CC(=O)c1ccc(N2CCN(C(=O)c3cccnc3Nc3cccc(F)c3)CC2)c(F)c1. The lowest BCUT2D eigenvalue weighted by atomic mass is 10.1. The van der Waals surface area contributed by atoms with Crippen molar-refractivity contribution in [2.75, 3.05) is 36.4 Å². The maximum absolute atomic E-state index is 14.5. The van der Waals surface area contributed by atoms with Crippen molar-refractivity contribution in [2.45, 2.75) is 6.92 Å². The molecule has 1 aromatic heterocycles. The van der Waals surface area contributed by atoms with Crippen LogP contribution in [0.4, 0.5) is 26.0 Å². The Morgan fingerprint density at radius 1 is 0.969 bits per heavy atom. The molecule has 2 aromatic carbocycles. The smallest absolute Gasteiger partial charge is 0.257 e. The number of amides is 1. The van der Waals surface area contributed by atoms with E-state index < -0.39 is 11.6 Å². The zero-order valence-corrected chi connectivity index (χ0v) is 17.5. The van der Waals surface area contributed by atoms with Gasteiger partial charge in [-0.05, 0) is 55.5 Å². The van der Waals surface area contributed by atoms with Gasteiger partial charge in [0.1, 0.15) is 17.5 Å². The number of carbonyl (C=O) groups is 2. The van der Waals surface area contributed by atoms with Crippen LogP contribution in [0.3, 0.4) is 0 Å². The van der Waals surface area contributed by atoms with Crippen LogP contribution in [0.25, 0.3) is 0 Å². The fourth-order valence-corrected chi connectivity index (χ4v) is 3.68. The molecule has 1 N–H and O–H groups in total. The quantitative estimate of drug-likeness (QED) is 0.605. The molecular formula is C24H22F2N4O2. The van der Waals surface area contributed by atoms with Crippen LogP contribution in [0.5, 0.6) is 0 Å². The van der Waals surface area contributed by atoms with Gasteiger partial charge in [0.15, 0.2) is 5.78 Å². The van der Waals surface area contributed by atoms with Gasteiger partial charge in [-0.2, -0.15) is 0 Å². The first-order chi connectivity index (χ1) is 15.4. The molecule has 0 unspecified atom stereocenters. The standard InChI is InChI=1S/C24H22F2N4O2/c1-16(31)17-7-8-22(21(26)14-17)29-10-12-30(13-11-29)24(32)20-6-3-9-27-23(20)28-19-5-2-4-18(25)15-19/h2-9,14-15H,10-13H2,1H3,(H,27,28). The molecular weight excluding hydrogens is 414 g/mol. The van der Waals surface area contributed by atoms with E-state index in [9.17, 15) is 18.4 Å². The maximum atomic E-state index is 14.5. The molecule has 1 saturated heterocycles. The summed E-state index contributed by atoms with van der Waals surface area (Å²) >= 11 is 0. The Kier molecular flexibility index (Phi) is 6.11. The fraction of sp³-hybridized carbons (Fsp3) is 0.208. The van der Waals surface area contributed by atoms with Gasteiger partial charge in [-0.25, -0.2) is 13.8 Å². The van der Waals surface area contributed by atoms with Crippen molar-refractivity contribution >= 4 is 28.9 Å². The average molecular weight is 436 g/mol. The van der Waals surface area contributed by atoms with Gasteiger partial charge in [0.25, 0.3) is 5.91 Å². The van der Waals surface area contributed by atoms with E-state index in [1.807, 2.05) is 4.90 Å². The first-order valence-corrected chi connectivity index (χ1v) is 10.2. The number of ketones is 1. The van der Waals surface area contributed by atoms with Gasteiger partial charge in [0.05, 0.1) is 11.3 Å². The van der Waals surface area contributed by atoms with Gasteiger partial charge in [-0.3, -0.25) is 9.59 Å². The minimum atomic E-state index is -0.452. The number of Topliss-reactive ketones (excluding diaryl/α,β-unsaturated/α-hetero) is 1. The zero-order chi connectivity index (χ0) is 22.7. The summed E-state index contributed by atoms with van der Waals surface area (Å²) in [6, 6.07) is 13.7. The highest BCUT2D eigenvalue weighted by Crippen LogP contribution is 2.24. The largest absolute Gasteiger partial charge is 0.366 e. The molecule has 8 heteroatoms. The number of pyridine rings is 1. The van der Waals surface area contributed by atoms with Crippen molar-refractivity contribution in [1.29, 1.82) is 0 Å². The molecule has 1 aliphatic heterocycles. The minimum absolute atomic E-state index is 0.190. The number of hydrogen-bond acceptors (Lipinski definition) is 5. The van der Waals surface area contributed by atoms with Crippen LogP contribution in [-0.4, -0.2) is 47.8 Å². The third kappa shape index (κ3) is 4.59. The Morgan fingerprint density at radius 2 is 1.75 bits per heavy atom. The van der Waals surface area contributed by atoms with Crippen molar-refractivity contribution in [3.8, 4) is 0 Å². The number of aromatic nitrogens is 1. The zero-order valence-electron chi connectivity index (χ0n) is 17.5. The van der Waals surface area contributed by atoms with E-state index in [0.29, 0.717) is 54.5 Å². The predicted octanol–water partition coefficient (Wildman–Crippen LogP) is 4.27. The fourth-order valence-electron chi connectivity index (χ4n) is 3.68. The molecule has 2 heterocycles. The van der Waals surface area contributed by atoms with Gasteiger partial charge in [-0.1, -0.05) is 6.07 Å². The molecule has 0 aliphatic carbocycles. The number of piperazine rings is 1. The molecule has 1 aliphatic rings. The highest BCUT2D eigenvalue weighted by molar-refractivity contribution is 5.99. The average Bonchev–Trinajstić information content (AvgIpc) is 2.79. The van der Waals surface area contributed by atoms with Crippen LogP contribution >= 0.6 is 0 Å². The lowest BCUT2D eigenvalue weighted by Gasteiger charge is -2.36. The van der Waals surface area contributed by atoms with E-state index in [2.05, 4.69) is 10.3 Å². The minimum Gasteiger partial charge on any atom is -0.366 e. The number of nitrogens with one attached hydrogen (secondary N) is 1. The molecule has 4 rings (SSSR count). The van der Waals surface area contributed by atoms with Crippen molar-refractivity contribution in [1.82, 2.24) is 9.88 Å². The molecule has 164 valence electrons. The molecule has 32 heavy (non-hydrogen) atoms. The van der Waals surface area contributed by atoms with Crippen molar-refractivity contribution < 1.29 is 18.4 Å². The Morgan fingerprint density at radius 3 is 2.44 bits per heavy atom. The second-order valence-corrected chi connectivity index (χ2v) is 7.54. The maximum Gasteiger partial charge on any atom is 0.257 e. The van der Waals surface area contributed by atoms with Gasteiger partial charge in [0, 0.05) is 43.6 Å². The molecule has 1 fully saturated rings. The second-order valence-electron chi connectivity index (χ2n) is 7.54. The summed E-state index contributed by atoms with van der Waals surface area (Å²) in [5, 5.41) is 3.00. The topological polar surface area (TPSA) is 65.5 Å². The predicted molar refractivity (Wildman–Crippen MR) is 118 cm³/mol. The van der Waals surface area contributed by atoms with Crippen LogP contribution in [0.15, 0.2) is 60.8 Å². The van der Waals surface area contributed by atoms with E-state index >= 15 is 0 Å². The Labute approximate surface area is 184 Å². The van der Waals surface area contributed by atoms with Crippen LogP contribution in [0, 0.1) is 11.6 Å². The van der Waals surface area contributed by atoms with Crippen LogP contribution < -0.4 is 10.2 Å². The summed E-state index contributed by atoms with van der Waals surface area (Å²) in [7, 11) is 0. The third-order valence-electron chi connectivity index (χ3n) is 5.39. The molecule has 3 aromatic rings. The summed E-state index contributed by atoms with van der Waals surface area (Å²) in [5.41, 5.74) is 1.61. The molecule has 1 amide bonds. The van der Waals surface area contributed by atoms with E-state index in [0.717, 1.165) is 0 Å². The van der Waals surface area contributed by atoms with Crippen molar-refractivity contribution in [3.63, 3.8) is 0 Å². The normalized spacial score (nSPS) is 13.7. The lowest BCUT2D eigenvalue weighted by Crippen LogP contribution is -2.49. The summed E-state index contributed by atoms with van der Waals surface area (Å²) in [4.78, 5) is 32.4. The van der Waals surface area contributed by atoms with E-state index in [-0.39, 0.29) is 11.7 Å². The highest BCUT2D eigenvalue weighted by Gasteiger charge is 2.25. The summed E-state index contributed by atoms with van der Waals surface area (Å²) in [6.07, 6.45) is 1.56. The summed E-state index contributed by atoms with van der Waals surface area (Å²) < 4.78 is 28.0. The number of anilines is 3. The van der Waals surface area contributed by atoms with Gasteiger partial charge in [-0.15, -0.1) is 0 Å². The highest BCUT2D eigenvalue weighted by atomic mass is 19.1. The van der Waals surface area contributed by atoms with Gasteiger partial charge in [0.2, 0.25) is 0 Å². The molecule has 0 radical (unpaired) electrons. The Hall–Kier alpha value is -3.81. The van der Waals surface area contributed by atoms with Crippen molar-refractivity contribution in [2.24, 2.45) is 0 Å². The number of halogens is 2. The Balaban J connectivity index is 1.46. The number of nitrogens with zero attached hydrogens (tertiary/aromatic N) is 3. The monoisotopic (exact) mass is 436 g/mol. The number of carbonyl (C=O) groups excluding carboxylic acids is 2. The first kappa shape index (κ1) is 21.4. The lowest BCUT2D eigenvalue weighted by molar-refractivity contribution is 0.0747.